The Kier molecular flexibility index (Phi) is 6.61. The predicted octanol–water partition coefficient (Wildman–Crippen LogP) is 2.46. The van der Waals surface area contributed by atoms with Crippen LogP contribution in [0.2, 0.25) is 0 Å². The van der Waals surface area contributed by atoms with E-state index < -0.39 is 17.8 Å². The number of aromatic carboxylic acids is 1. The van der Waals surface area contributed by atoms with Crippen LogP contribution in [0.4, 0.5) is 14.9 Å². The van der Waals surface area contributed by atoms with Crippen LogP contribution in [0.5, 0.6) is 0 Å². The van der Waals surface area contributed by atoms with Crippen molar-refractivity contribution >= 4 is 17.7 Å². The number of nitrogens with one attached hydrogen (secondary N) is 2. The molecule has 1 atom stereocenters. The van der Waals surface area contributed by atoms with Crippen molar-refractivity contribution in [1.29, 1.82) is 0 Å². The third kappa shape index (κ3) is 5.39. The van der Waals surface area contributed by atoms with Crippen LogP contribution in [0.3, 0.4) is 0 Å². The third-order valence-electron chi connectivity index (χ3n) is 2.80. The number of halogens is 1. The molecule has 116 valence electrons. The lowest BCUT2D eigenvalue weighted by Gasteiger charge is -2.18. The topological polar surface area (TPSA) is 87.7 Å². The minimum absolute atomic E-state index is 0.0901. The molecule has 0 bridgehead atoms. The molecule has 6 nitrogen and oxygen atoms in total. The molecular weight excluding hydrogens is 279 g/mol. The molecule has 2 amide bonds. The number of carbonyl (C=O) groups is 2. The Morgan fingerprint density at radius 3 is 2.71 bits per heavy atom. The maximum absolute atomic E-state index is 13.2. The lowest BCUT2D eigenvalue weighted by Crippen LogP contribution is -2.40. The normalized spacial score (nSPS) is 11.8. The molecule has 7 heteroatoms. The molecule has 0 aliphatic rings. The molecule has 0 aromatic heterocycles. The molecule has 1 aromatic carbocycles. The van der Waals surface area contributed by atoms with Crippen LogP contribution in [0, 0.1) is 5.82 Å². The number of benzene rings is 1. The van der Waals surface area contributed by atoms with Gasteiger partial charge in [0, 0.05) is 7.11 Å². The Bertz CT molecular complexity index is 502. The first-order valence-electron chi connectivity index (χ1n) is 6.57. The fraction of sp³-hybridized carbons (Fsp3) is 0.429. The second-order valence-electron chi connectivity index (χ2n) is 4.53. The first-order chi connectivity index (χ1) is 9.97. The Labute approximate surface area is 122 Å². The summed E-state index contributed by atoms with van der Waals surface area (Å²) in [5.74, 6) is -1.87. The number of hydrogen-bond donors (Lipinski definition) is 3. The number of carboxylic acid groups (broad SMARTS) is 1. The second kappa shape index (κ2) is 8.21. The van der Waals surface area contributed by atoms with Gasteiger partial charge in [-0.2, -0.15) is 0 Å². The zero-order valence-corrected chi connectivity index (χ0v) is 12.0. The van der Waals surface area contributed by atoms with Gasteiger partial charge in [-0.25, -0.2) is 14.0 Å². The van der Waals surface area contributed by atoms with E-state index in [9.17, 15) is 14.0 Å². The largest absolute Gasteiger partial charge is 0.478 e. The zero-order valence-electron chi connectivity index (χ0n) is 12.0. The molecule has 1 aromatic rings. The van der Waals surface area contributed by atoms with Crippen molar-refractivity contribution in [2.75, 3.05) is 19.0 Å². The fourth-order valence-electron chi connectivity index (χ4n) is 1.90. The number of anilines is 1. The van der Waals surface area contributed by atoms with Crippen LogP contribution in [0.25, 0.3) is 0 Å². The molecule has 0 saturated heterocycles. The molecule has 0 fully saturated rings. The fourth-order valence-corrected chi connectivity index (χ4v) is 1.90. The number of rotatable bonds is 7. The van der Waals surface area contributed by atoms with E-state index in [1.807, 2.05) is 6.92 Å². The van der Waals surface area contributed by atoms with E-state index in [-0.39, 0.29) is 17.3 Å². The number of urea groups is 1. The SMILES string of the molecule is CCCC(COC)NC(=O)Nc1cc(F)ccc1C(=O)O. The highest BCUT2D eigenvalue weighted by Gasteiger charge is 2.16. The van der Waals surface area contributed by atoms with Crippen LogP contribution in [-0.2, 0) is 4.74 Å². The highest BCUT2D eigenvalue weighted by molar-refractivity contribution is 6.00. The van der Waals surface area contributed by atoms with E-state index in [2.05, 4.69) is 10.6 Å². The van der Waals surface area contributed by atoms with Crippen molar-refractivity contribution in [3.8, 4) is 0 Å². The van der Waals surface area contributed by atoms with Gasteiger partial charge in [0.25, 0.3) is 0 Å². The molecule has 3 N–H and O–H groups in total. The summed E-state index contributed by atoms with van der Waals surface area (Å²) in [6, 6.07) is 2.30. The summed E-state index contributed by atoms with van der Waals surface area (Å²) in [5.41, 5.74) is -0.266. The van der Waals surface area contributed by atoms with E-state index >= 15 is 0 Å². The summed E-state index contributed by atoms with van der Waals surface area (Å²) in [5, 5.41) is 14.0. The lowest BCUT2D eigenvalue weighted by molar-refractivity contribution is 0.0698. The maximum Gasteiger partial charge on any atom is 0.337 e. The average molecular weight is 298 g/mol. The highest BCUT2D eigenvalue weighted by atomic mass is 19.1. The Morgan fingerprint density at radius 2 is 2.14 bits per heavy atom. The Morgan fingerprint density at radius 1 is 1.43 bits per heavy atom. The van der Waals surface area contributed by atoms with Crippen molar-refractivity contribution in [3.05, 3.63) is 29.6 Å². The van der Waals surface area contributed by atoms with Gasteiger partial charge in [-0.1, -0.05) is 13.3 Å². The summed E-state index contributed by atoms with van der Waals surface area (Å²) in [4.78, 5) is 22.9. The van der Waals surface area contributed by atoms with Crippen molar-refractivity contribution in [2.45, 2.75) is 25.8 Å². The third-order valence-corrected chi connectivity index (χ3v) is 2.80. The van der Waals surface area contributed by atoms with Crippen LogP contribution in [0.15, 0.2) is 18.2 Å². The summed E-state index contributed by atoms with van der Waals surface area (Å²) in [6.07, 6.45) is 1.57. The van der Waals surface area contributed by atoms with Gasteiger partial charge in [0.1, 0.15) is 5.82 Å². The summed E-state index contributed by atoms with van der Waals surface area (Å²) in [6.45, 7) is 2.31. The van der Waals surface area contributed by atoms with E-state index in [0.717, 1.165) is 31.0 Å². The van der Waals surface area contributed by atoms with Gasteiger partial charge < -0.3 is 20.5 Å². The van der Waals surface area contributed by atoms with Gasteiger partial charge in [-0.05, 0) is 24.6 Å². The van der Waals surface area contributed by atoms with Crippen molar-refractivity contribution in [2.24, 2.45) is 0 Å². The standard InChI is InChI=1S/C14H19FN2O4/c1-3-4-10(8-21-2)16-14(20)17-12-7-9(15)5-6-11(12)13(18)19/h5-7,10H,3-4,8H2,1-2H3,(H,18,19)(H2,16,17,20). The van der Waals surface area contributed by atoms with Crippen LogP contribution >= 0.6 is 0 Å². The minimum atomic E-state index is -1.24. The van der Waals surface area contributed by atoms with Gasteiger partial charge in [0.15, 0.2) is 0 Å². The van der Waals surface area contributed by atoms with Gasteiger partial charge in [0.2, 0.25) is 0 Å². The molecule has 0 radical (unpaired) electrons. The summed E-state index contributed by atoms with van der Waals surface area (Å²) in [7, 11) is 1.53. The smallest absolute Gasteiger partial charge is 0.337 e. The van der Waals surface area contributed by atoms with Crippen LogP contribution < -0.4 is 10.6 Å². The quantitative estimate of drug-likeness (QED) is 0.721. The average Bonchev–Trinajstić information content (AvgIpc) is 2.38. The van der Waals surface area contributed by atoms with E-state index in [1.54, 1.807) is 0 Å². The van der Waals surface area contributed by atoms with Crippen LogP contribution in [0.1, 0.15) is 30.1 Å². The molecule has 0 heterocycles. The van der Waals surface area contributed by atoms with Crippen molar-refractivity contribution in [3.63, 3.8) is 0 Å². The number of carbonyl (C=O) groups excluding carboxylic acids is 1. The summed E-state index contributed by atoms with van der Waals surface area (Å²) < 4.78 is 18.2. The second-order valence-corrected chi connectivity index (χ2v) is 4.53. The summed E-state index contributed by atoms with van der Waals surface area (Å²) >= 11 is 0. The highest BCUT2D eigenvalue weighted by Crippen LogP contribution is 2.17. The molecule has 0 spiro atoms. The van der Waals surface area contributed by atoms with Crippen molar-refractivity contribution in [1.82, 2.24) is 5.32 Å². The van der Waals surface area contributed by atoms with E-state index in [0.29, 0.717) is 6.61 Å². The monoisotopic (exact) mass is 298 g/mol. The molecular formula is C14H19FN2O4. The Hall–Kier alpha value is -2.15. The number of ether oxygens (including phenoxy) is 1. The maximum atomic E-state index is 13.2. The first kappa shape index (κ1) is 16.9. The van der Waals surface area contributed by atoms with E-state index in [1.165, 1.54) is 7.11 Å². The molecule has 0 aliphatic heterocycles. The zero-order chi connectivity index (χ0) is 15.8. The number of hydrogen-bond acceptors (Lipinski definition) is 3. The van der Waals surface area contributed by atoms with Crippen LogP contribution in [-0.4, -0.2) is 36.9 Å². The number of methoxy groups -OCH3 is 1. The van der Waals surface area contributed by atoms with Crippen molar-refractivity contribution < 1.29 is 23.8 Å². The molecule has 0 aliphatic carbocycles. The lowest BCUT2D eigenvalue weighted by atomic mass is 10.1. The molecule has 1 unspecified atom stereocenters. The number of carboxylic acids is 1. The van der Waals surface area contributed by atoms with E-state index in [4.69, 9.17) is 9.84 Å². The predicted molar refractivity (Wildman–Crippen MR) is 76.1 cm³/mol. The van der Waals surface area contributed by atoms with Gasteiger partial charge >= 0.3 is 12.0 Å². The van der Waals surface area contributed by atoms with Gasteiger partial charge in [-0.15, -0.1) is 0 Å². The Balaban J connectivity index is 2.78. The minimum Gasteiger partial charge on any atom is -0.478 e. The molecule has 0 saturated carbocycles. The first-order valence-corrected chi connectivity index (χ1v) is 6.57. The van der Waals surface area contributed by atoms with Gasteiger partial charge in [0.05, 0.1) is 23.9 Å². The van der Waals surface area contributed by atoms with Gasteiger partial charge in [-0.3, -0.25) is 0 Å². The molecule has 21 heavy (non-hydrogen) atoms. The number of amides is 2. The molecule has 1 rings (SSSR count).